The third kappa shape index (κ3) is 4.90. The van der Waals surface area contributed by atoms with E-state index in [0.717, 1.165) is 4.68 Å². The zero-order chi connectivity index (χ0) is 18.7. The number of aryl methyl sites for hydroxylation is 2. The summed E-state index contributed by atoms with van der Waals surface area (Å²) in [6.45, 7) is 1.66. The Balaban J connectivity index is 0.00000338. The number of Topliss-reactive ketones (excluding diaryl/α,β-unsaturated/α-hetero) is 2. The molecule has 1 amide bonds. The van der Waals surface area contributed by atoms with E-state index in [0.29, 0.717) is 12.1 Å². The first-order valence-corrected chi connectivity index (χ1v) is 8.01. The zero-order valence-corrected chi connectivity index (χ0v) is 17.5. The summed E-state index contributed by atoms with van der Waals surface area (Å²) in [4.78, 5) is 49.6. The van der Waals surface area contributed by atoms with Gasteiger partial charge in [-0.3, -0.25) is 19.2 Å². The predicted octanol–water partition coefficient (Wildman–Crippen LogP) is 0.240. The van der Waals surface area contributed by atoms with Crippen LogP contribution < -0.4 is 5.56 Å². The van der Waals surface area contributed by atoms with E-state index in [2.05, 4.69) is 5.10 Å². The number of amides is 1. The molecule has 135 valence electrons. The van der Waals surface area contributed by atoms with Gasteiger partial charge in [0, 0.05) is 62.9 Å². The Hall–Kier alpha value is -1.77. The van der Waals surface area contributed by atoms with Crippen LogP contribution in [0.4, 0.5) is 0 Å². The number of carbonyl (C=O) groups is 3. The second-order valence-electron chi connectivity index (χ2n) is 6.19. The quantitative estimate of drug-likeness (QED) is 0.352. The van der Waals surface area contributed by atoms with Crippen molar-refractivity contribution in [3.8, 4) is 0 Å². The van der Waals surface area contributed by atoms with Gasteiger partial charge in [0.15, 0.2) is 11.6 Å². The molecular formula is C17H21N3NaO5. The molecule has 0 unspecified atom stereocenters. The van der Waals surface area contributed by atoms with Crippen molar-refractivity contribution in [1.29, 1.82) is 0 Å². The number of carbonyl (C=O) groups excluding carboxylic acids is 3. The first kappa shape index (κ1) is 22.3. The number of nitrogens with zero attached hydrogens (tertiary/aromatic N) is 3. The molecule has 0 atom stereocenters. The normalized spacial score (nSPS) is 14.0. The SMILES string of the molecule is Cc1cc(C(O)=C2C(=O)CCCC2=O)c(=O)n(CCC(=O)N(C)C)n1.[Na]. The summed E-state index contributed by atoms with van der Waals surface area (Å²) in [6, 6.07) is 1.34. The number of hydrogen-bond donors (Lipinski definition) is 1. The number of allylic oxidation sites excluding steroid dienone is 1. The molecule has 1 heterocycles. The van der Waals surface area contributed by atoms with Gasteiger partial charge in [0.2, 0.25) is 5.91 Å². The molecule has 1 fully saturated rings. The van der Waals surface area contributed by atoms with E-state index in [1.165, 1.54) is 11.0 Å². The Morgan fingerprint density at radius 2 is 1.81 bits per heavy atom. The topological polar surface area (TPSA) is 110 Å². The van der Waals surface area contributed by atoms with Crippen LogP contribution in [0.25, 0.3) is 5.76 Å². The average molecular weight is 370 g/mol. The first-order valence-electron chi connectivity index (χ1n) is 8.01. The molecule has 1 radical (unpaired) electrons. The maximum atomic E-state index is 12.6. The van der Waals surface area contributed by atoms with Crippen LogP contribution in [0.5, 0.6) is 0 Å². The Morgan fingerprint density at radius 1 is 1.23 bits per heavy atom. The molecule has 26 heavy (non-hydrogen) atoms. The van der Waals surface area contributed by atoms with Gasteiger partial charge < -0.3 is 10.0 Å². The average Bonchev–Trinajstić information content (AvgIpc) is 2.54. The number of aliphatic hydroxyl groups excluding tert-OH is 1. The fourth-order valence-electron chi connectivity index (χ4n) is 2.63. The fourth-order valence-corrected chi connectivity index (χ4v) is 2.63. The Bertz CT molecular complexity index is 808. The van der Waals surface area contributed by atoms with Crippen molar-refractivity contribution in [2.75, 3.05) is 14.1 Å². The van der Waals surface area contributed by atoms with Crippen molar-refractivity contribution < 1.29 is 19.5 Å². The van der Waals surface area contributed by atoms with E-state index in [1.54, 1.807) is 21.0 Å². The maximum Gasteiger partial charge on any atom is 0.277 e. The van der Waals surface area contributed by atoms with E-state index in [-0.39, 0.29) is 72.4 Å². The number of rotatable bonds is 4. The number of aromatic nitrogens is 2. The standard InChI is InChI=1S/C17H21N3O5.Na/c1-10-9-11(16(24)15-12(21)5-4-6-13(15)22)17(25)20(18-10)8-7-14(23)19(2)3;/h9,24H,4-8H2,1-3H3;. The monoisotopic (exact) mass is 370 g/mol. The summed E-state index contributed by atoms with van der Waals surface area (Å²) in [5.41, 5.74) is -0.684. The molecule has 0 bridgehead atoms. The fraction of sp³-hybridized carbons (Fsp3) is 0.471. The molecule has 1 N–H and O–H groups in total. The summed E-state index contributed by atoms with van der Waals surface area (Å²) in [7, 11) is 3.22. The van der Waals surface area contributed by atoms with Crippen LogP contribution in [-0.4, -0.2) is 80.9 Å². The van der Waals surface area contributed by atoms with Crippen LogP contribution in [0.15, 0.2) is 16.4 Å². The first-order chi connectivity index (χ1) is 11.7. The second-order valence-corrected chi connectivity index (χ2v) is 6.19. The molecule has 1 aromatic rings. The summed E-state index contributed by atoms with van der Waals surface area (Å²) < 4.78 is 1.07. The van der Waals surface area contributed by atoms with E-state index < -0.39 is 22.9 Å². The Morgan fingerprint density at radius 3 is 2.35 bits per heavy atom. The Labute approximate surface area is 173 Å². The molecule has 9 heteroatoms. The van der Waals surface area contributed by atoms with Gasteiger partial charge in [0.1, 0.15) is 11.3 Å². The van der Waals surface area contributed by atoms with Gasteiger partial charge in [0.25, 0.3) is 5.56 Å². The number of ketones is 2. The minimum Gasteiger partial charge on any atom is -0.506 e. The molecular weight excluding hydrogens is 349 g/mol. The zero-order valence-electron chi connectivity index (χ0n) is 15.5. The molecule has 0 aliphatic heterocycles. The number of hydrogen-bond acceptors (Lipinski definition) is 6. The van der Waals surface area contributed by atoms with Gasteiger partial charge in [-0.15, -0.1) is 0 Å². The van der Waals surface area contributed by atoms with Crippen molar-refractivity contribution in [2.45, 2.75) is 39.2 Å². The third-order valence-corrected chi connectivity index (χ3v) is 3.99. The van der Waals surface area contributed by atoms with Crippen molar-refractivity contribution in [2.24, 2.45) is 0 Å². The minimum absolute atomic E-state index is 0. The molecule has 1 aliphatic rings. The van der Waals surface area contributed by atoms with Gasteiger partial charge in [-0.25, -0.2) is 4.68 Å². The van der Waals surface area contributed by atoms with E-state index in [1.807, 2.05) is 0 Å². The van der Waals surface area contributed by atoms with E-state index >= 15 is 0 Å². The van der Waals surface area contributed by atoms with E-state index in [9.17, 15) is 24.3 Å². The minimum atomic E-state index is -0.645. The second kappa shape index (κ2) is 9.25. The Kier molecular flexibility index (Phi) is 7.92. The summed E-state index contributed by atoms with van der Waals surface area (Å²) in [6.07, 6.45) is 0.847. The van der Waals surface area contributed by atoms with Gasteiger partial charge in [0.05, 0.1) is 17.8 Å². The van der Waals surface area contributed by atoms with Crippen LogP contribution in [-0.2, 0) is 20.9 Å². The molecule has 1 saturated carbocycles. The summed E-state index contributed by atoms with van der Waals surface area (Å²) in [5.74, 6) is -1.69. The van der Waals surface area contributed by atoms with Crippen LogP contribution >= 0.6 is 0 Å². The van der Waals surface area contributed by atoms with Crippen LogP contribution in [0, 0.1) is 6.92 Å². The number of aliphatic hydroxyl groups is 1. The predicted molar refractivity (Wildman–Crippen MR) is 95.7 cm³/mol. The van der Waals surface area contributed by atoms with Crippen molar-refractivity contribution >= 4 is 52.8 Å². The molecule has 8 nitrogen and oxygen atoms in total. The maximum absolute atomic E-state index is 12.6. The van der Waals surface area contributed by atoms with Gasteiger partial charge in [-0.05, 0) is 19.4 Å². The van der Waals surface area contributed by atoms with Crippen molar-refractivity contribution in [1.82, 2.24) is 14.7 Å². The molecule has 1 aromatic heterocycles. The van der Waals surface area contributed by atoms with Crippen molar-refractivity contribution in [3.63, 3.8) is 0 Å². The third-order valence-electron chi connectivity index (χ3n) is 3.99. The van der Waals surface area contributed by atoms with Crippen LogP contribution in [0.3, 0.4) is 0 Å². The molecule has 0 spiro atoms. The van der Waals surface area contributed by atoms with Crippen molar-refractivity contribution in [3.05, 3.63) is 33.3 Å². The molecule has 0 aromatic carbocycles. The molecule has 1 aliphatic carbocycles. The molecule has 0 saturated heterocycles. The smallest absolute Gasteiger partial charge is 0.277 e. The van der Waals surface area contributed by atoms with Crippen LogP contribution in [0.2, 0.25) is 0 Å². The van der Waals surface area contributed by atoms with Gasteiger partial charge in [-0.1, -0.05) is 0 Å². The summed E-state index contributed by atoms with van der Waals surface area (Å²) >= 11 is 0. The van der Waals surface area contributed by atoms with Gasteiger partial charge in [-0.2, -0.15) is 5.10 Å². The van der Waals surface area contributed by atoms with Crippen LogP contribution in [0.1, 0.15) is 36.9 Å². The molecule has 2 rings (SSSR count). The summed E-state index contributed by atoms with van der Waals surface area (Å²) in [5, 5.41) is 14.5. The van der Waals surface area contributed by atoms with E-state index in [4.69, 9.17) is 0 Å². The largest absolute Gasteiger partial charge is 0.506 e. The van der Waals surface area contributed by atoms with Gasteiger partial charge >= 0.3 is 0 Å².